The van der Waals surface area contributed by atoms with Gasteiger partial charge in [-0.2, -0.15) is 0 Å². The largest absolute Gasteiger partial charge is 0.327 e. The summed E-state index contributed by atoms with van der Waals surface area (Å²) in [5.74, 6) is 1.23. The van der Waals surface area contributed by atoms with Gasteiger partial charge in [0.1, 0.15) is 5.82 Å². The second-order valence-corrected chi connectivity index (χ2v) is 6.96. The lowest BCUT2D eigenvalue weighted by atomic mass is 9.76. The molecule has 1 atom stereocenters. The Morgan fingerprint density at radius 1 is 1.29 bits per heavy atom. The molecule has 118 valence electrons. The molecule has 21 heavy (non-hydrogen) atoms. The maximum absolute atomic E-state index is 13.8. The summed E-state index contributed by atoms with van der Waals surface area (Å²) in [6.07, 6.45) is 9.54. The minimum atomic E-state index is -0.188. The van der Waals surface area contributed by atoms with E-state index in [0.29, 0.717) is 22.9 Å². The summed E-state index contributed by atoms with van der Waals surface area (Å²) in [7, 11) is 0. The zero-order valence-corrected chi connectivity index (χ0v) is 13.7. The van der Waals surface area contributed by atoms with Crippen LogP contribution in [0.5, 0.6) is 0 Å². The van der Waals surface area contributed by atoms with Crippen LogP contribution < -0.4 is 5.73 Å². The first kappa shape index (κ1) is 16.8. The Hall–Kier alpha value is -0.600. The summed E-state index contributed by atoms with van der Waals surface area (Å²) in [6, 6.07) is 4.78. The van der Waals surface area contributed by atoms with Crippen molar-refractivity contribution in [1.82, 2.24) is 0 Å². The molecular weight excluding hydrogens is 285 g/mol. The van der Waals surface area contributed by atoms with Gasteiger partial charge in [-0.15, -0.1) is 0 Å². The first-order valence-electron chi connectivity index (χ1n) is 8.29. The van der Waals surface area contributed by atoms with Gasteiger partial charge < -0.3 is 5.73 Å². The van der Waals surface area contributed by atoms with Crippen LogP contribution in [0.15, 0.2) is 18.2 Å². The van der Waals surface area contributed by atoms with Gasteiger partial charge in [0.2, 0.25) is 0 Å². The number of hydrogen-bond donors (Lipinski definition) is 1. The number of benzene rings is 1. The lowest BCUT2D eigenvalue weighted by Crippen LogP contribution is -2.35. The molecular formula is C18H27ClFN. The van der Waals surface area contributed by atoms with Crippen LogP contribution in [0.4, 0.5) is 4.39 Å². The third-order valence-corrected chi connectivity index (χ3v) is 5.16. The van der Waals surface area contributed by atoms with Crippen LogP contribution in [-0.4, -0.2) is 6.04 Å². The summed E-state index contributed by atoms with van der Waals surface area (Å²) < 4.78 is 13.8. The van der Waals surface area contributed by atoms with E-state index in [2.05, 4.69) is 6.92 Å². The Labute approximate surface area is 133 Å². The maximum atomic E-state index is 13.8. The Morgan fingerprint density at radius 2 is 2.00 bits per heavy atom. The molecule has 1 aliphatic carbocycles. The van der Waals surface area contributed by atoms with Crippen LogP contribution in [0.25, 0.3) is 0 Å². The minimum Gasteiger partial charge on any atom is -0.327 e. The van der Waals surface area contributed by atoms with E-state index in [4.69, 9.17) is 17.3 Å². The highest BCUT2D eigenvalue weighted by atomic mass is 35.5. The highest BCUT2D eigenvalue weighted by Gasteiger charge is 2.25. The van der Waals surface area contributed by atoms with Gasteiger partial charge in [0.15, 0.2) is 0 Å². The molecule has 1 saturated carbocycles. The van der Waals surface area contributed by atoms with Gasteiger partial charge >= 0.3 is 0 Å². The standard InChI is InChI=1S/C18H27ClFN/c1-2-3-4-13-5-7-14(8-6-13)18(21)12-15-11-16(19)9-10-17(15)20/h9-11,13-14,18H,2-8,12,21H2,1H3. The van der Waals surface area contributed by atoms with E-state index in [0.717, 1.165) is 5.92 Å². The number of rotatable bonds is 6. The first-order valence-corrected chi connectivity index (χ1v) is 8.67. The summed E-state index contributed by atoms with van der Waals surface area (Å²) in [4.78, 5) is 0. The zero-order chi connectivity index (χ0) is 15.2. The van der Waals surface area contributed by atoms with E-state index in [-0.39, 0.29) is 11.9 Å². The van der Waals surface area contributed by atoms with Crippen LogP contribution in [-0.2, 0) is 6.42 Å². The van der Waals surface area contributed by atoms with E-state index in [9.17, 15) is 4.39 Å². The smallest absolute Gasteiger partial charge is 0.126 e. The van der Waals surface area contributed by atoms with E-state index in [1.807, 2.05) is 0 Å². The number of nitrogens with two attached hydrogens (primary N) is 1. The molecule has 0 amide bonds. The molecule has 1 nitrogen and oxygen atoms in total. The number of hydrogen-bond acceptors (Lipinski definition) is 1. The summed E-state index contributed by atoms with van der Waals surface area (Å²) in [5.41, 5.74) is 6.99. The zero-order valence-electron chi connectivity index (χ0n) is 13.0. The van der Waals surface area contributed by atoms with Gasteiger partial charge in [-0.25, -0.2) is 4.39 Å². The Morgan fingerprint density at radius 3 is 2.67 bits per heavy atom. The fourth-order valence-electron chi connectivity index (χ4n) is 3.52. The quantitative estimate of drug-likeness (QED) is 0.753. The number of unbranched alkanes of at least 4 members (excludes halogenated alkanes) is 1. The van der Waals surface area contributed by atoms with Crippen molar-refractivity contribution in [2.45, 2.75) is 64.3 Å². The van der Waals surface area contributed by atoms with Crippen molar-refractivity contribution in [1.29, 1.82) is 0 Å². The highest BCUT2D eigenvalue weighted by molar-refractivity contribution is 6.30. The fraction of sp³-hybridized carbons (Fsp3) is 0.667. The highest BCUT2D eigenvalue weighted by Crippen LogP contribution is 2.34. The molecule has 0 saturated heterocycles. The molecule has 1 fully saturated rings. The predicted octanol–water partition coefficient (Wildman–Crippen LogP) is 5.35. The average molecular weight is 312 g/mol. The van der Waals surface area contributed by atoms with E-state index >= 15 is 0 Å². The van der Waals surface area contributed by atoms with E-state index in [1.165, 1.54) is 51.0 Å². The van der Waals surface area contributed by atoms with Gasteiger partial charge in [0.05, 0.1) is 0 Å². The van der Waals surface area contributed by atoms with Crippen LogP contribution in [0, 0.1) is 17.7 Å². The van der Waals surface area contributed by atoms with Crippen LogP contribution >= 0.6 is 11.6 Å². The molecule has 1 unspecified atom stereocenters. The van der Waals surface area contributed by atoms with Crippen molar-refractivity contribution in [3.05, 3.63) is 34.6 Å². The van der Waals surface area contributed by atoms with Gasteiger partial charge in [0, 0.05) is 11.1 Å². The lowest BCUT2D eigenvalue weighted by Gasteiger charge is -2.32. The van der Waals surface area contributed by atoms with E-state index in [1.54, 1.807) is 12.1 Å². The Bertz CT molecular complexity index is 441. The topological polar surface area (TPSA) is 26.0 Å². The molecule has 0 radical (unpaired) electrons. The summed E-state index contributed by atoms with van der Waals surface area (Å²) in [5, 5.41) is 0.585. The lowest BCUT2D eigenvalue weighted by molar-refractivity contribution is 0.230. The van der Waals surface area contributed by atoms with Crippen LogP contribution in [0.2, 0.25) is 5.02 Å². The average Bonchev–Trinajstić information content (AvgIpc) is 2.49. The fourth-order valence-corrected chi connectivity index (χ4v) is 3.71. The van der Waals surface area contributed by atoms with Crippen molar-refractivity contribution >= 4 is 11.6 Å². The van der Waals surface area contributed by atoms with Crippen molar-refractivity contribution in [2.24, 2.45) is 17.6 Å². The molecule has 3 heteroatoms. The second-order valence-electron chi connectivity index (χ2n) is 6.53. The van der Waals surface area contributed by atoms with Gasteiger partial charge in [-0.3, -0.25) is 0 Å². The molecule has 0 aliphatic heterocycles. The molecule has 0 spiro atoms. The Balaban J connectivity index is 1.84. The maximum Gasteiger partial charge on any atom is 0.126 e. The van der Waals surface area contributed by atoms with Crippen molar-refractivity contribution < 1.29 is 4.39 Å². The third-order valence-electron chi connectivity index (χ3n) is 4.93. The van der Waals surface area contributed by atoms with Gasteiger partial charge in [-0.1, -0.05) is 50.6 Å². The summed E-state index contributed by atoms with van der Waals surface area (Å²) in [6.45, 7) is 2.25. The number of halogens is 2. The Kier molecular flexibility index (Phi) is 6.50. The van der Waals surface area contributed by atoms with Crippen LogP contribution in [0.3, 0.4) is 0 Å². The predicted molar refractivity (Wildman–Crippen MR) is 88.1 cm³/mol. The molecule has 0 aromatic heterocycles. The SMILES string of the molecule is CCCCC1CCC(C(N)Cc2cc(Cl)ccc2F)CC1. The molecule has 1 aromatic rings. The summed E-state index contributed by atoms with van der Waals surface area (Å²) >= 11 is 5.95. The molecule has 1 aliphatic rings. The normalized spacial score (nSPS) is 24.0. The molecule has 0 bridgehead atoms. The van der Waals surface area contributed by atoms with Crippen molar-refractivity contribution in [2.75, 3.05) is 0 Å². The molecule has 2 rings (SSSR count). The van der Waals surface area contributed by atoms with Crippen molar-refractivity contribution in [3.63, 3.8) is 0 Å². The first-order chi connectivity index (χ1) is 10.1. The van der Waals surface area contributed by atoms with Crippen LogP contribution in [0.1, 0.15) is 57.4 Å². The van der Waals surface area contributed by atoms with Gasteiger partial charge in [0.25, 0.3) is 0 Å². The van der Waals surface area contributed by atoms with Gasteiger partial charge in [-0.05, 0) is 54.9 Å². The van der Waals surface area contributed by atoms with Crippen molar-refractivity contribution in [3.8, 4) is 0 Å². The minimum absolute atomic E-state index is 0.0464. The molecule has 0 heterocycles. The molecule has 2 N–H and O–H groups in total. The molecule has 1 aromatic carbocycles. The van der Waals surface area contributed by atoms with E-state index < -0.39 is 0 Å². The third kappa shape index (κ3) is 4.96. The second kappa shape index (κ2) is 8.14. The monoisotopic (exact) mass is 311 g/mol.